The van der Waals surface area contributed by atoms with Gasteiger partial charge in [0.1, 0.15) is 5.75 Å². The summed E-state index contributed by atoms with van der Waals surface area (Å²) in [4.78, 5) is 10.7. The number of aromatic nitrogens is 2. The highest BCUT2D eigenvalue weighted by Gasteiger charge is 2.44. The summed E-state index contributed by atoms with van der Waals surface area (Å²) in [6.07, 6.45) is -5.13. The first-order valence-electron chi connectivity index (χ1n) is 9.70. The van der Waals surface area contributed by atoms with Crippen LogP contribution in [-0.4, -0.2) is 27.2 Å². The Bertz CT molecular complexity index is 1180. The van der Waals surface area contributed by atoms with Crippen LogP contribution in [0.5, 0.6) is 5.75 Å². The molecule has 0 bridgehead atoms. The normalized spacial score (nSPS) is 12.3. The molecule has 33 heavy (non-hydrogen) atoms. The minimum atomic E-state index is -4.69. The lowest BCUT2D eigenvalue weighted by Crippen LogP contribution is -2.33. The smallest absolute Gasteiger partial charge is 0.428 e. The number of alkyl halides is 4. The molecule has 3 aromatic rings. The van der Waals surface area contributed by atoms with Crippen molar-refractivity contribution in [1.82, 2.24) is 9.78 Å². The molecule has 0 saturated heterocycles. The van der Waals surface area contributed by atoms with Gasteiger partial charge in [-0.15, -0.1) is 0 Å². The maximum Gasteiger partial charge on any atom is 0.461 e. The van der Waals surface area contributed by atoms with E-state index in [1.165, 1.54) is 30.3 Å². The molecule has 0 unspecified atom stereocenters. The fraction of sp³-hybridized carbons (Fsp3) is 0.318. The molecule has 0 amide bonds. The van der Waals surface area contributed by atoms with E-state index in [9.17, 15) is 27.7 Å². The molecule has 6 nitrogen and oxygen atoms in total. The molecule has 0 radical (unpaired) electrons. The molecule has 0 aliphatic rings. The standard InChI is InChI=1S/C22H20ClF4N3O3/c1-21(2,16-7-17(23)10-18(8-16)30(31)32)15-5-13(4-14-11-28-29(3)12-14)6-19(9-15)33-22(26,27)20(24)25/h5-12,20H,4H2,1-3H3. The average molecular weight is 486 g/mol. The first-order chi connectivity index (χ1) is 15.3. The third-order valence-electron chi connectivity index (χ3n) is 5.18. The first kappa shape index (κ1) is 24.5. The number of nitrogens with zero attached hydrogens (tertiary/aromatic N) is 3. The number of nitro benzene ring substituents is 1. The Morgan fingerprint density at radius 2 is 1.79 bits per heavy atom. The largest absolute Gasteiger partial charge is 0.461 e. The molecular weight excluding hydrogens is 466 g/mol. The van der Waals surface area contributed by atoms with Crippen LogP contribution >= 0.6 is 11.6 Å². The number of hydrogen-bond acceptors (Lipinski definition) is 4. The lowest BCUT2D eigenvalue weighted by molar-refractivity contribution is -0.384. The van der Waals surface area contributed by atoms with Crippen LogP contribution in [0.1, 0.15) is 36.1 Å². The first-order valence-corrected chi connectivity index (χ1v) is 10.1. The Hall–Kier alpha value is -3.14. The zero-order valence-corrected chi connectivity index (χ0v) is 18.6. The van der Waals surface area contributed by atoms with Crippen molar-refractivity contribution in [2.75, 3.05) is 0 Å². The minimum Gasteiger partial charge on any atom is -0.428 e. The van der Waals surface area contributed by atoms with Crippen molar-refractivity contribution in [3.8, 4) is 5.75 Å². The second-order valence-electron chi connectivity index (χ2n) is 8.11. The molecule has 0 aliphatic heterocycles. The number of benzene rings is 2. The predicted octanol–water partition coefficient (Wildman–Crippen LogP) is 6.14. The van der Waals surface area contributed by atoms with E-state index in [4.69, 9.17) is 11.6 Å². The number of ether oxygens (including phenoxy) is 1. The summed E-state index contributed by atoms with van der Waals surface area (Å²) in [7, 11) is 1.72. The van der Waals surface area contributed by atoms with E-state index >= 15 is 0 Å². The Morgan fingerprint density at radius 1 is 1.12 bits per heavy atom. The van der Waals surface area contributed by atoms with Crippen LogP contribution in [0.4, 0.5) is 23.2 Å². The summed E-state index contributed by atoms with van der Waals surface area (Å²) >= 11 is 6.06. The fourth-order valence-electron chi connectivity index (χ4n) is 3.39. The molecule has 1 aromatic heterocycles. The molecule has 2 aromatic carbocycles. The molecule has 0 N–H and O–H groups in total. The van der Waals surface area contributed by atoms with Crippen molar-refractivity contribution in [3.63, 3.8) is 0 Å². The van der Waals surface area contributed by atoms with Crippen molar-refractivity contribution in [3.05, 3.63) is 86.2 Å². The summed E-state index contributed by atoms with van der Waals surface area (Å²) in [5, 5.41) is 15.5. The molecule has 176 valence electrons. The molecule has 11 heteroatoms. The monoisotopic (exact) mass is 485 g/mol. The molecule has 0 fully saturated rings. The highest BCUT2D eigenvalue weighted by atomic mass is 35.5. The number of aryl methyl sites for hydroxylation is 1. The number of nitro groups is 1. The lowest BCUT2D eigenvalue weighted by atomic mass is 9.77. The van der Waals surface area contributed by atoms with Crippen molar-refractivity contribution in [1.29, 1.82) is 0 Å². The van der Waals surface area contributed by atoms with E-state index in [0.29, 0.717) is 16.7 Å². The summed E-state index contributed by atoms with van der Waals surface area (Å²) in [6, 6.07) is 8.22. The van der Waals surface area contributed by atoms with Crippen LogP contribution in [0, 0.1) is 10.1 Å². The maximum absolute atomic E-state index is 13.7. The maximum atomic E-state index is 13.7. The van der Waals surface area contributed by atoms with E-state index in [1.54, 1.807) is 44.0 Å². The summed E-state index contributed by atoms with van der Waals surface area (Å²) in [5.74, 6) is -0.457. The van der Waals surface area contributed by atoms with Crippen molar-refractivity contribution < 1.29 is 27.2 Å². The molecule has 1 heterocycles. The quantitative estimate of drug-likeness (QED) is 0.218. The van der Waals surface area contributed by atoms with E-state index in [-0.39, 0.29) is 17.1 Å². The van der Waals surface area contributed by atoms with Gasteiger partial charge in [-0.3, -0.25) is 14.8 Å². The van der Waals surface area contributed by atoms with Gasteiger partial charge in [0.25, 0.3) is 5.69 Å². The van der Waals surface area contributed by atoms with Crippen LogP contribution in [-0.2, 0) is 18.9 Å². The van der Waals surface area contributed by atoms with E-state index in [0.717, 1.165) is 5.56 Å². The number of rotatable bonds is 8. The Kier molecular flexibility index (Phi) is 6.69. The van der Waals surface area contributed by atoms with E-state index in [2.05, 4.69) is 9.84 Å². The van der Waals surface area contributed by atoms with E-state index in [1.807, 2.05) is 0 Å². The zero-order valence-electron chi connectivity index (χ0n) is 17.9. The van der Waals surface area contributed by atoms with Crippen LogP contribution in [0.2, 0.25) is 5.02 Å². The second-order valence-corrected chi connectivity index (χ2v) is 8.55. The summed E-state index contributed by atoms with van der Waals surface area (Å²) in [5.41, 5.74) is 0.909. The van der Waals surface area contributed by atoms with Gasteiger partial charge in [-0.05, 0) is 40.5 Å². The second kappa shape index (κ2) is 9.01. The Balaban J connectivity index is 2.11. The molecule has 0 aliphatic carbocycles. The fourth-order valence-corrected chi connectivity index (χ4v) is 3.62. The topological polar surface area (TPSA) is 70.2 Å². The van der Waals surface area contributed by atoms with E-state index < -0.39 is 28.6 Å². The molecule has 0 spiro atoms. The van der Waals surface area contributed by atoms with Gasteiger partial charge in [-0.2, -0.15) is 22.7 Å². The van der Waals surface area contributed by atoms with Crippen LogP contribution in [0.15, 0.2) is 48.8 Å². The van der Waals surface area contributed by atoms with Crippen molar-refractivity contribution in [2.45, 2.75) is 38.2 Å². The third-order valence-corrected chi connectivity index (χ3v) is 5.40. The zero-order chi connectivity index (χ0) is 24.6. The predicted molar refractivity (Wildman–Crippen MR) is 114 cm³/mol. The van der Waals surface area contributed by atoms with Crippen LogP contribution < -0.4 is 4.74 Å². The average Bonchev–Trinajstić information content (AvgIpc) is 3.11. The molecule has 0 saturated carbocycles. The Labute approximate surface area is 191 Å². The van der Waals surface area contributed by atoms with Gasteiger partial charge < -0.3 is 4.74 Å². The lowest BCUT2D eigenvalue weighted by Gasteiger charge is -2.28. The van der Waals surface area contributed by atoms with Crippen molar-refractivity contribution >= 4 is 17.3 Å². The molecular formula is C22H20ClF4N3O3. The number of hydrogen-bond donors (Lipinski definition) is 0. The van der Waals surface area contributed by atoms with Crippen LogP contribution in [0.3, 0.4) is 0 Å². The molecule has 3 rings (SSSR count). The summed E-state index contributed by atoms with van der Waals surface area (Å²) < 4.78 is 58.8. The minimum absolute atomic E-state index is 0.125. The van der Waals surface area contributed by atoms with Crippen molar-refractivity contribution in [2.24, 2.45) is 7.05 Å². The number of non-ortho nitro benzene ring substituents is 1. The van der Waals surface area contributed by atoms with Gasteiger partial charge in [0.15, 0.2) is 0 Å². The van der Waals surface area contributed by atoms with Gasteiger partial charge in [0.05, 0.1) is 11.1 Å². The molecule has 0 atom stereocenters. The van der Waals surface area contributed by atoms with Gasteiger partial charge in [0, 0.05) is 42.2 Å². The SMILES string of the molecule is Cn1cc(Cc2cc(OC(F)(F)C(F)F)cc(C(C)(C)c3cc(Cl)cc([N+](=O)[O-])c3)c2)cn1. The van der Waals surface area contributed by atoms with Gasteiger partial charge in [0.2, 0.25) is 0 Å². The van der Waals surface area contributed by atoms with Gasteiger partial charge >= 0.3 is 12.5 Å². The highest BCUT2D eigenvalue weighted by molar-refractivity contribution is 6.30. The number of halogens is 5. The Morgan fingerprint density at radius 3 is 2.36 bits per heavy atom. The van der Waals surface area contributed by atoms with Gasteiger partial charge in [-0.25, -0.2) is 0 Å². The third kappa shape index (κ3) is 5.62. The highest BCUT2D eigenvalue weighted by Crippen LogP contribution is 2.39. The van der Waals surface area contributed by atoms with Gasteiger partial charge in [-0.1, -0.05) is 31.5 Å². The summed E-state index contributed by atoms with van der Waals surface area (Å²) in [6.45, 7) is 3.42. The van der Waals surface area contributed by atoms with Crippen LogP contribution in [0.25, 0.3) is 0 Å².